The van der Waals surface area contributed by atoms with Gasteiger partial charge in [0.2, 0.25) is 5.88 Å². The Balaban J connectivity index is 2.19. The number of nitrogens with two attached hydrogens (primary N) is 1. The highest BCUT2D eigenvalue weighted by Gasteiger charge is 2.18. The molecule has 21 heavy (non-hydrogen) atoms. The van der Waals surface area contributed by atoms with E-state index in [0.29, 0.717) is 15.7 Å². The average Bonchev–Trinajstić information content (AvgIpc) is 2.80. The van der Waals surface area contributed by atoms with Crippen molar-refractivity contribution in [3.05, 3.63) is 57.0 Å². The maximum atomic E-state index is 6.05. The van der Waals surface area contributed by atoms with Crippen molar-refractivity contribution >= 4 is 45.0 Å². The number of hydrogen-bond acceptors (Lipinski definition) is 3. The maximum Gasteiger partial charge on any atom is 0.230 e. The second-order valence-corrected chi connectivity index (χ2v) is 6.22. The second kappa shape index (κ2) is 5.72. The van der Waals surface area contributed by atoms with E-state index < -0.39 is 0 Å². The Morgan fingerprint density at radius 3 is 2.19 bits per heavy atom. The highest BCUT2D eigenvalue weighted by Crippen LogP contribution is 2.38. The van der Waals surface area contributed by atoms with Crippen molar-refractivity contribution in [3.8, 4) is 22.4 Å². The molecule has 1 aromatic heterocycles. The van der Waals surface area contributed by atoms with Crippen molar-refractivity contribution < 1.29 is 4.52 Å². The number of hydrogen-bond donors (Lipinski definition) is 1. The molecule has 0 radical (unpaired) electrons. The van der Waals surface area contributed by atoms with Crippen LogP contribution in [0.5, 0.6) is 0 Å². The number of anilines is 1. The number of nitrogen functional groups attached to an aromatic ring is 1. The van der Waals surface area contributed by atoms with Crippen LogP contribution in [0.3, 0.4) is 0 Å². The topological polar surface area (TPSA) is 52.0 Å². The summed E-state index contributed by atoms with van der Waals surface area (Å²) in [5.74, 6) is 0.253. The Kier molecular flexibility index (Phi) is 3.93. The summed E-state index contributed by atoms with van der Waals surface area (Å²) in [6.45, 7) is 0. The lowest BCUT2D eigenvalue weighted by atomic mass is 10.0. The van der Waals surface area contributed by atoms with Gasteiger partial charge in [-0.15, -0.1) is 0 Å². The second-order valence-electron chi connectivity index (χ2n) is 4.44. The van der Waals surface area contributed by atoms with Crippen molar-refractivity contribution in [2.45, 2.75) is 0 Å². The third-order valence-corrected chi connectivity index (χ3v) is 3.95. The average molecular weight is 384 g/mol. The fourth-order valence-corrected chi connectivity index (χ4v) is 2.88. The fourth-order valence-electron chi connectivity index (χ4n) is 2.09. The highest BCUT2D eigenvalue weighted by molar-refractivity contribution is 9.10. The third kappa shape index (κ3) is 2.93. The molecule has 0 saturated carbocycles. The highest BCUT2D eigenvalue weighted by atomic mass is 79.9. The predicted molar refractivity (Wildman–Crippen MR) is 89.5 cm³/mol. The van der Waals surface area contributed by atoms with E-state index >= 15 is 0 Å². The van der Waals surface area contributed by atoms with Gasteiger partial charge in [-0.2, -0.15) is 0 Å². The summed E-state index contributed by atoms with van der Waals surface area (Å²) in [5, 5.41) is 5.10. The summed E-state index contributed by atoms with van der Waals surface area (Å²) >= 11 is 15.5. The summed E-state index contributed by atoms with van der Waals surface area (Å²) in [5.41, 5.74) is 8.91. The third-order valence-electron chi connectivity index (χ3n) is 2.99. The number of halogens is 3. The van der Waals surface area contributed by atoms with Crippen LogP contribution in [-0.4, -0.2) is 5.16 Å². The van der Waals surface area contributed by atoms with Crippen LogP contribution in [0.2, 0.25) is 10.0 Å². The van der Waals surface area contributed by atoms with Crippen molar-refractivity contribution in [2.75, 3.05) is 5.73 Å². The molecule has 3 nitrogen and oxygen atoms in total. The Labute approximate surface area is 139 Å². The van der Waals surface area contributed by atoms with E-state index in [1.165, 1.54) is 0 Å². The molecule has 0 unspecified atom stereocenters. The van der Waals surface area contributed by atoms with Gasteiger partial charge in [-0.05, 0) is 35.9 Å². The molecule has 0 aliphatic heterocycles. The lowest BCUT2D eigenvalue weighted by Gasteiger charge is -2.04. The number of aromatic nitrogens is 1. The Hall–Kier alpha value is -1.49. The van der Waals surface area contributed by atoms with Crippen molar-refractivity contribution in [1.82, 2.24) is 5.16 Å². The van der Waals surface area contributed by atoms with E-state index in [1.807, 2.05) is 24.3 Å². The summed E-state index contributed by atoms with van der Waals surface area (Å²) in [6, 6.07) is 12.9. The summed E-state index contributed by atoms with van der Waals surface area (Å²) in [7, 11) is 0. The molecule has 0 bridgehead atoms. The zero-order chi connectivity index (χ0) is 15.0. The minimum atomic E-state index is 0.253. The fraction of sp³-hybridized carbons (Fsp3) is 0. The largest absolute Gasteiger partial charge is 0.367 e. The molecule has 6 heteroatoms. The zero-order valence-corrected chi connectivity index (χ0v) is 13.7. The molecule has 0 fully saturated rings. The van der Waals surface area contributed by atoms with Crippen molar-refractivity contribution in [2.24, 2.45) is 0 Å². The van der Waals surface area contributed by atoms with Crippen molar-refractivity contribution in [1.29, 1.82) is 0 Å². The van der Waals surface area contributed by atoms with E-state index in [9.17, 15) is 0 Å². The summed E-state index contributed by atoms with van der Waals surface area (Å²) < 4.78 is 6.12. The maximum absolute atomic E-state index is 6.05. The minimum Gasteiger partial charge on any atom is -0.367 e. The van der Waals surface area contributed by atoms with Crippen LogP contribution < -0.4 is 5.73 Å². The first-order valence-corrected chi connectivity index (χ1v) is 7.57. The molecule has 0 atom stereocenters. The van der Waals surface area contributed by atoms with Gasteiger partial charge in [0.05, 0.1) is 5.56 Å². The lowest BCUT2D eigenvalue weighted by Crippen LogP contribution is -1.88. The van der Waals surface area contributed by atoms with Gasteiger partial charge >= 0.3 is 0 Å². The quantitative estimate of drug-likeness (QED) is 0.621. The van der Waals surface area contributed by atoms with Crippen LogP contribution in [0.15, 0.2) is 51.5 Å². The van der Waals surface area contributed by atoms with Crippen LogP contribution in [0.25, 0.3) is 22.4 Å². The molecule has 2 N–H and O–H groups in total. The summed E-state index contributed by atoms with van der Waals surface area (Å²) in [4.78, 5) is 0. The van der Waals surface area contributed by atoms with Gasteiger partial charge < -0.3 is 10.3 Å². The molecule has 0 aliphatic rings. The Morgan fingerprint density at radius 2 is 1.57 bits per heavy atom. The predicted octanol–water partition coefficient (Wildman–Crippen LogP) is 5.66. The Bertz CT molecular complexity index is 780. The zero-order valence-electron chi connectivity index (χ0n) is 10.6. The first-order chi connectivity index (χ1) is 10.0. The smallest absolute Gasteiger partial charge is 0.230 e. The van der Waals surface area contributed by atoms with Crippen LogP contribution in [-0.2, 0) is 0 Å². The lowest BCUT2D eigenvalue weighted by molar-refractivity contribution is 0.439. The SMILES string of the molecule is Nc1onc(-c2cc(Cl)cc(Cl)c2)c1-c1ccc(Br)cc1. The summed E-state index contributed by atoms with van der Waals surface area (Å²) in [6.07, 6.45) is 0. The number of nitrogens with zero attached hydrogens (tertiary/aromatic N) is 1. The normalized spacial score (nSPS) is 10.8. The van der Waals surface area contributed by atoms with Crippen LogP contribution in [0.1, 0.15) is 0 Å². The molecule has 0 saturated heterocycles. The molecule has 0 aliphatic carbocycles. The van der Waals surface area contributed by atoms with E-state index in [4.69, 9.17) is 33.5 Å². The standard InChI is InChI=1S/C15H9BrCl2N2O/c16-10-3-1-8(2-4-10)13-14(20-21-15(13)19)9-5-11(17)7-12(18)6-9/h1-7H,19H2. The van der Waals surface area contributed by atoms with Gasteiger partial charge in [-0.3, -0.25) is 0 Å². The molecular weight excluding hydrogens is 375 g/mol. The van der Waals surface area contributed by atoms with E-state index in [2.05, 4.69) is 21.1 Å². The van der Waals surface area contributed by atoms with Crippen molar-refractivity contribution in [3.63, 3.8) is 0 Å². The Morgan fingerprint density at radius 1 is 0.952 bits per heavy atom. The molecule has 3 aromatic rings. The number of rotatable bonds is 2. The minimum absolute atomic E-state index is 0.253. The van der Waals surface area contributed by atoms with Gasteiger partial charge in [0.1, 0.15) is 5.69 Å². The number of benzene rings is 2. The van der Waals surface area contributed by atoms with Gasteiger partial charge in [0.25, 0.3) is 0 Å². The molecule has 106 valence electrons. The molecule has 0 spiro atoms. The van der Waals surface area contributed by atoms with E-state index in [-0.39, 0.29) is 5.88 Å². The van der Waals surface area contributed by atoms with Gasteiger partial charge in [-0.25, -0.2) is 0 Å². The van der Waals surface area contributed by atoms with Crippen LogP contribution >= 0.6 is 39.1 Å². The molecular formula is C15H9BrCl2N2O. The molecule has 1 heterocycles. The molecule has 3 rings (SSSR count). The first kappa shape index (κ1) is 14.4. The van der Waals surface area contributed by atoms with Crippen LogP contribution in [0, 0.1) is 0 Å². The van der Waals surface area contributed by atoms with Gasteiger partial charge in [-0.1, -0.05) is 56.4 Å². The van der Waals surface area contributed by atoms with Crippen LogP contribution in [0.4, 0.5) is 5.88 Å². The molecule has 0 amide bonds. The van der Waals surface area contributed by atoms with E-state index in [1.54, 1.807) is 18.2 Å². The van der Waals surface area contributed by atoms with Gasteiger partial charge in [0.15, 0.2) is 0 Å². The first-order valence-electron chi connectivity index (χ1n) is 6.02. The van der Waals surface area contributed by atoms with Gasteiger partial charge in [0, 0.05) is 20.1 Å². The monoisotopic (exact) mass is 382 g/mol. The van der Waals surface area contributed by atoms with E-state index in [0.717, 1.165) is 21.2 Å². The molecule has 2 aromatic carbocycles.